The van der Waals surface area contributed by atoms with Crippen LogP contribution in [0.1, 0.15) is 17.9 Å². The molecule has 0 spiro atoms. The van der Waals surface area contributed by atoms with E-state index >= 15 is 0 Å². The molecule has 3 N–H and O–H groups in total. The van der Waals surface area contributed by atoms with Crippen LogP contribution in [0, 0.1) is 0 Å². The van der Waals surface area contributed by atoms with Gasteiger partial charge >= 0.3 is 6.09 Å². The molecule has 0 radical (unpaired) electrons. The lowest BCUT2D eigenvalue weighted by atomic mass is 9.98. The van der Waals surface area contributed by atoms with Crippen LogP contribution < -0.4 is 20.7 Å². The Hall–Kier alpha value is -2.53. The van der Waals surface area contributed by atoms with Crippen LogP contribution in [0.25, 0.3) is 0 Å². The molecule has 0 bridgehead atoms. The number of hydrogen-bond donors (Lipinski definition) is 3. The number of anilines is 2. The molecule has 5 heteroatoms. The van der Waals surface area contributed by atoms with Crippen molar-refractivity contribution in [1.82, 2.24) is 5.32 Å². The average Bonchev–Trinajstić information content (AvgIpc) is 3.09. The van der Waals surface area contributed by atoms with Crippen LogP contribution in [0.15, 0.2) is 48.5 Å². The Bertz CT molecular complexity index is 702. The smallest absolute Gasteiger partial charge is 0.410 e. The van der Waals surface area contributed by atoms with Gasteiger partial charge in [-0.05, 0) is 48.9 Å². The largest absolute Gasteiger partial charge is 0.417 e. The van der Waals surface area contributed by atoms with Gasteiger partial charge in [0.15, 0.2) is 0 Å². The molecule has 1 unspecified atom stereocenters. The number of benzene rings is 2. The molecule has 0 aliphatic carbocycles. The van der Waals surface area contributed by atoms with Crippen molar-refractivity contribution in [3.63, 3.8) is 0 Å². The number of rotatable bonds is 2. The van der Waals surface area contributed by atoms with E-state index in [1.807, 2.05) is 48.5 Å². The third-order valence-electron chi connectivity index (χ3n) is 4.19. The van der Waals surface area contributed by atoms with Crippen molar-refractivity contribution < 1.29 is 9.53 Å². The van der Waals surface area contributed by atoms with E-state index in [-0.39, 0.29) is 0 Å². The monoisotopic (exact) mass is 295 g/mol. The van der Waals surface area contributed by atoms with Crippen molar-refractivity contribution >= 4 is 17.5 Å². The fraction of sp³-hybridized carbons (Fsp3) is 0.235. The molecule has 2 aliphatic heterocycles. The third kappa shape index (κ3) is 2.40. The first kappa shape index (κ1) is 13.2. The molecule has 2 heterocycles. The molecule has 22 heavy (non-hydrogen) atoms. The Labute approximate surface area is 128 Å². The second kappa shape index (κ2) is 5.35. The fourth-order valence-corrected chi connectivity index (χ4v) is 3.17. The van der Waals surface area contributed by atoms with Gasteiger partial charge in [-0.3, -0.25) is 10.6 Å². The maximum atomic E-state index is 11.9. The minimum atomic E-state index is -0.474. The van der Waals surface area contributed by atoms with Gasteiger partial charge in [0.2, 0.25) is 0 Å². The van der Waals surface area contributed by atoms with Crippen LogP contribution in [0.2, 0.25) is 0 Å². The van der Waals surface area contributed by atoms with Crippen molar-refractivity contribution in [2.45, 2.75) is 18.5 Å². The molecule has 0 aromatic heterocycles. The van der Waals surface area contributed by atoms with Gasteiger partial charge in [-0.15, -0.1) is 0 Å². The molecular formula is C17H17N3O2. The second-order valence-corrected chi connectivity index (χ2v) is 5.60. The third-order valence-corrected chi connectivity index (χ3v) is 4.19. The SMILES string of the molecule is O=C(Nc1ccccc1)Oc1ccc2c(c1)[C@H]1CCNC1N2. The summed E-state index contributed by atoms with van der Waals surface area (Å²) in [5, 5.41) is 9.59. The minimum absolute atomic E-state index is 0.309. The van der Waals surface area contributed by atoms with Gasteiger partial charge in [-0.1, -0.05) is 18.2 Å². The zero-order valence-electron chi connectivity index (χ0n) is 12.0. The Morgan fingerprint density at radius 2 is 2.05 bits per heavy atom. The first-order chi connectivity index (χ1) is 10.8. The van der Waals surface area contributed by atoms with Gasteiger partial charge < -0.3 is 10.1 Å². The number of ether oxygens (including phenoxy) is 1. The number of hydrogen-bond acceptors (Lipinski definition) is 4. The van der Waals surface area contributed by atoms with Gasteiger partial charge in [-0.2, -0.15) is 0 Å². The molecule has 0 saturated carbocycles. The second-order valence-electron chi connectivity index (χ2n) is 5.60. The first-order valence-electron chi connectivity index (χ1n) is 7.47. The predicted octanol–water partition coefficient (Wildman–Crippen LogP) is 3.13. The summed E-state index contributed by atoms with van der Waals surface area (Å²) in [5.41, 5.74) is 3.06. The highest BCUT2D eigenvalue weighted by Gasteiger charge is 2.35. The molecule has 2 aromatic carbocycles. The summed E-state index contributed by atoms with van der Waals surface area (Å²) in [6, 6.07) is 15.0. The fourth-order valence-electron chi connectivity index (χ4n) is 3.17. The Balaban J connectivity index is 1.48. The molecular weight excluding hydrogens is 278 g/mol. The lowest BCUT2D eigenvalue weighted by molar-refractivity contribution is 0.215. The molecule has 1 amide bonds. The summed E-state index contributed by atoms with van der Waals surface area (Å²) in [6.07, 6.45) is 0.936. The highest BCUT2D eigenvalue weighted by molar-refractivity contribution is 5.86. The van der Waals surface area contributed by atoms with Crippen molar-refractivity contribution in [1.29, 1.82) is 0 Å². The van der Waals surface area contributed by atoms with Crippen molar-refractivity contribution in [2.24, 2.45) is 0 Å². The topological polar surface area (TPSA) is 62.4 Å². The molecule has 1 fully saturated rings. The number of nitrogens with one attached hydrogen (secondary N) is 3. The molecule has 2 aromatic rings. The van der Waals surface area contributed by atoms with Crippen LogP contribution >= 0.6 is 0 Å². The summed E-state index contributed by atoms with van der Waals surface area (Å²) in [7, 11) is 0. The molecule has 4 rings (SSSR count). The maximum Gasteiger partial charge on any atom is 0.417 e. The average molecular weight is 295 g/mol. The molecule has 5 nitrogen and oxygen atoms in total. The predicted molar refractivity (Wildman–Crippen MR) is 85.3 cm³/mol. The highest BCUT2D eigenvalue weighted by atomic mass is 16.6. The highest BCUT2D eigenvalue weighted by Crippen LogP contribution is 2.41. The van der Waals surface area contributed by atoms with Crippen LogP contribution in [-0.2, 0) is 0 Å². The van der Waals surface area contributed by atoms with Crippen molar-refractivity contribution in [2.75, 3.05) is 17.2 Å². The van der Waals surface area contributed by atoms with E-state index in [1.165, 1.54) is 5.56 Å². The van der Waals surface area contributed by atoms with Crippen LogP contribution in [0.5, 0.6) is 5.75 Å². The lowest BCUT2D eigenvalue weighted by Crippen LogP contribution is -2.29. The zero-order valence-corrected chi connectivity index (χ0v) is 12.0. The molecule has 2 atom stereocenters. The quantitative estimate of drug-likeness (QED) is 0.796. The van der Waals surface area contributed by atoms with Crippen LogP contribution in [0.3, 0.4) is 0 Å². The van der Waals surface area contributed by atoms with Crippen molar-refractivity contribution in [3.05, 3.63) is 54.1 Å². The van der Waals surface area contributed by atoms with E-state index in [9.17, 15) is 4.79 Å². The van der Waals surface area contributed by atoms with Gasteiger partial charge in [0.05, 0.1) is 6.17 Å². The Morgan fingerprint density at radius 1 is 1.18 bits per heavy atom. The minimum Gasteiger partial charge on any atom is -0.410 e. The summed E-state index contributed by atoms with van der Waals surface area (Å²) in [6.45, 7) is 1.02. The summed E-state index contributed by atoms with van der Waals surface area (Å²) in [5.74, 6) is 1.03. The van der Waals surface area contributed by atoms with Gasteiger partial charge in [0.1, 0.15) is 5.75 Å². The van der Waals surface area contributed by atoms with Crippen molar-refractivity contribution in [3.8, 4) is 5.75 Å². The lowest BCUT2D eigenvalue weighted by Gasteiger charge is -2.09. The summed E-state index contributed by atoms with van der Waals surface area (Å²) in [4.78, 5) is 11.9. The number of amides is 1. The Morgan fingerprint density at radius 3 is 2.91 bits per heavy atom. The molecule has 1 saturated heterocycles. The van der Waals surface area contributed by atoms with Gasteiger partial charge in [0.25, 0.3) is 0 Å². The number of fused-ring (bicyclic) bond motifs is 3. The van der Waals surface area contributed by atoms with E-state index in [0.29, 0.717) is 17.8 Å². The first-order valence-corrected chi connectivity index (χ1v) is 7.47. The Kier molecular flexibility index (Phi) is 3.20. The maximum absolute atomic E-state index is 11.9. The molecule has 112 valence electrons. The normalized spacial score (nSPS) is 21.6. The summed E-state index contributed by atoms with van der Waals surface area (Å²) < 4.78 is 5.39. The standard InChI is InChI=1S/C17H17N3O2/c21-17(19-11-4-2-1-3-5-11)22-12-6-7-15-14(10-12)13-8-9-18-16(13)20-15/h1-7,10,13,16,18,20H,8-9H2,(H,19,21)/t13-,16?/m1/s1. The van der Waals surface area contributed by atoms with E-state index in [0.717, 1.165) is 24.3 Å². The summed E-state index contributed by atoms with van der Waals surface area (Å²) >= 11 is 0. The number of carbonyl (C=O) groups is 1. The molecule has 2 aliphatic rings. The van der Waals surface area contributed by atoms with Gasteiger partial charge in [-0.25, -0.2) is 4.79 Å². The van der Waals surface area contributed by atoms with Crippen LogP contribution in [-0.4, -0.2) is 18.8 Å². The number of para-hydroxylation sites is 1. The number of carbonyl (C=O) groups excluding carboxylic acids is 1. The zero-order chi connectivity index (χ0) is 14.9. The van der Waals surface area contributed by atoms with Crippen LogP contribution in [0.4, 0.5) is 16.2 Å². The van der Waals surface area contributed by atoms with E-state index in [2.05, 4.69) is 16.0 Å². The van der Waals surface area contributed by atoms with E-state index in [4.69, 9.17) is 4.74 Å². The van der Waals surface area contributed by atoms with E-state index in [1.54, 1.807) is 0 Å². The van der Waals surface area contributed by atoms with E-state index < -0.39 is 6.09 Å². The van der Waals surface area contributed by atoms with Gasteiger partial charge in [0, 0.05) is 17.3 Å².